The van der Waals surface area contributed by atoms with E-state index >= 15 is 0 Å². The summed E-state index contributed by atoms with van der Waals surface area (Å²) in [5.74, 6) is 7.05. The number of amides is 1. The first-order valence-corrected chi connectivity index (χ1v) is 9.85. The summed E-state index contributed by atoms with van der Waals surface area (Å²) < 4.78 is 1.40. The standard InChI is InChI=1S/C17H22ClN5OS/c1-2-12-7-5-6-10-22(12)15(24)11-25-17-21-20-16(23(17)19)13-8-3-4-9-14(13)18/h3-4,8-9,12H,2,5-7,10-11,19H2,1H3. The van der Waals surface area contributed by atoms with Crippen LogP contribution < -0.4 is 5.84 Å². The van der Waals surface area contributed by atoms with Crippen molar-refractivity contribution in [3.63, 3.8) is 0 Å². The lowest BCUT2D eigenvalue weighted by molar-refractivity contribution is -0.132. The number of thioether (sulfide) groups is 1. The minimum atomic E-state index is 0.138. The highest BCUT2D eigenvalue weighted by molar-refractivity contribution is 7.99. The molecular weight excluding hydrogens is 358 g/mol. The Morgan fingerprint density at radius 2 is 2.16 bits per heavy atom. The van der Waals surface area contributed by atoms with Gasteiger partial charge in [-0.05, 0) is 37.8 Å². The summed E-state index contributed by atoms with van der Waals surface area (Å²) in [6.45, 7) is 2.98. The molecule has 1 aromatic carbocycles. The smallest absolute Gasteiger partial charge is 0.233 e. The Kier molecular flexibility index (Phi) is 5.86. The molecule has 1 amide bonds. The molecule has 1 aliphatic rings. The van der Waals surface area contributed by atoms with E-state index in [1.54, 1.807) is 6.07 Å². The van der Waals surface area contributed by atoms with Crippen LogP contribution in [0.2, 0.25) is 5.02 Å². The van der Waals surface area contributed by atoms with Gasteiger partial charge in [-0.2, -0.15) is 0 Å². The van der Waals surface area contributed by atoms with Crippen LogP contribution in [-0.4, -0.2) is 44.0 Å². The van der Waals surface area contributed by atoms with Gasteiger partial charge in [0, 0.05) is 18.2 Å². The van der Waals surface area contributed by atoms with E-state index in [2.05, 4.69) is 17.1 Å². The van der Waals surface area contributed by atoms with Crippen molar-refractivity contribution in [2.45, 2.75) is 43.8 Å². The fourth-order valence-corrected chi connectivity index (χ4v) is 4.13. The van der Waals surface area contributed by atoms with Gasteiger partial charge in [-0.25, -0.2) is 4.68 Å². The van der Waals surface area contributed by atoms with Crippen molar-refractivity contribution in [2.24, 2.45) is 0 Å². The maximum absolute atomic E-state index is 12.6. The fourth-order valence-electron chi connectivity index (χ4n) is 3.16. The van der Waals surface area contributed by atoms with E-state index in [1.165, 1.54) is 22.9 Å². The number of piperidine rings is 1. The quantitative estimate of drug-likeness (QED) is 0.637. The van der Waals surface area contributed by atoms with Gasteiger partial charge in [0.05, 0.1) is 10.8 Å². The van der Waals surface area contributed by atoms with Crippen LogP contribution in [0.15, 0.2) is 29.4 Å². The van der Waals surface area contributed by atoms with Crippen LogP contribution in [-0.2, 0) is 4.79 Å². The van der Waals surface area contributed by atoms with E-state index in [9.17, 15) is 4.79 Å². The Balaban J connectivity index is 1.68. The Morgan fingerprint density at radius 3 is 2.92 bits per heavy atom. The number of benzene rings is 1. The maximum Gasteiger partial charge on any atom is 0.233 e. The monoisotopic (exact) mass is 379 g/mol. The van der Waals surface area contributed by atoms with Crippen LogP contribution in [0.25, 0.3) is 11.4 Å². The van der Waals surface area contributed by atoms with Gasteiger partial charge in [0.15, 0.2) is 5.82 Å². The van der Waals surface area contributed by atoms with Crippen LogP contribution in [0, 0.1) is 0 Å². The molecule has 2 heterocycles. The number of hydrogen-bond donors (Lipinski definition) is 1. The van der Waals surface area contributed by atoms with E-state index in [0.717, 1.165) is 31.4 Å². The minimum absolute atomic E-state index is 0.138. The molecule has 0 aliphatic carbocycles. The molecule has 0 bridgehead atoms. The average Bonchev–Trinajstić information content (AvgIpc) is 3.00. The lowest BCUT2D eigenvalue weighted by atomic mass is 10.0. The largest absolute Gasteiger partial charge is 0.339 e. The zero-order valence-electron chi connectivity index (χ0n) is 14.2. The number of likely N-dealkylation sites (tertiary alicyclic amines) is 1. The van der Waals surface area contributed by atoms with Crippen LogP contribution in [0.4, 0.5) is 0 Å². The van der Waals surface area contributed by atoms with Gasteiger partial charge in [-0.1, -0.05) is 42.4 Å². The first kappa shape index (κ1) is 18.1. The van der Waals surface area contributed by atoms with Crippen LogP contribution in [0.3, 0.4) is 0 Å². The molecule has 1 aromatic heterocycles. The third kappa shape index (κ3) is 3.93. The number of hydrogen-bond acceptors (Lipinski definition) is 5. The van der Waals surface area contributed by atoms with Crippen molar-refractivity contribution in [3.8, 4) is 11.4 Å². The summed E-state index contributed by atoms with van der Waals surface area (Å²) in [4.78, 5) is 14.6. The molecule has 2 N–H and O–H groups in total. The Hall–Kier alpha value is -1.73. The molecule has 25 heavy (non-hydrogen) atoms. The Labute approximate surface area is 156 Å². The van der Waals surface area contributed by atoms with Crippen molar-refractivity contribution in [2.75, 3.05) is 18.1 Å². The van der Waals surface area contributed by atoms with Gasteiger partial charge >= 0.3 is 0 Å². The highest BCUT2D eigenvalue weighted by atomic mass is 35.5. The molecule has 1 atom stereocenters. The Morgan fingerprint density at radius 1 is 1.36 bits per heavy atom. The third-order valence-corrected chi connectivity index (χ3v) is 5.78. The maximum atomic E-state index is 12.6. The van der Waals surface area contributed by atoms with Gasteiger partial charge in [0.1, 0.15) is 0 Å². The number of rotatable bonds is 5. The number of nitrogen functional groups attached to an aromatic ring is 1. The molecule has 3 rings (SSSR count). The zero-order valence-corrected chi connectivity index (χ0v) is 15.8. The van der Waals surface area contributed by atoms with E-state index in [0.29, 0.717) is 27.8 Å². The number of aromatic nitrogens is 3. The molecule has 1 fully saturated rings. The van der Waals surface area contributed by atoms with Crippen LogP contribution >= 0.6 is 23.4 Å². The van der Waals surface area contributed by atoms with Gasteiger partial charge in [0.2, 0.25) is 11.1 Å². The van der Waals surface area contributed by atoms with Crippen molar-refractivity contribution in [1.29, 1.82) is 0 Å². The normalized spacial score (nSPS) is 17.7. The Bertz CT molecular complexity index is 750. The van der Waals surface area contributed by atoms with Crippen LogP contribution in [0.5, 0.6) is 0 Å². The first-order valence-electron chi connectivity index (χ1n) is 8.49. The number of halogens is 1. The lowest BCUT2D eigenvalue weighted by Crippen LogP contribution is -2.44. The highest BCUT2D eigenvalue weighted by Gasteiger charge is 2.25. The molecule has 0 saturated carbocycles. The van der Waals surface area contributed by atoms with Gasteiger partial charge < -0.3 is 10.7 Å². The molecule has 1 saturated heterocycles. The number of carbonyl (C=O) groups excluding carboxylic acids is 1. The van der Waals surface area contributed by atoms with Gasteiger partial charge in [-0.15, -0.1) is 10.2 Å². The number of nitrogens with zero attached hydrogens (tertiary/aromatic N) is 4. The second-order valence-electron chi connectivity index (χ2n) is 6.09. The number of carbonyl (C=O) groups is 1. The van der Waals surface area contributed by atoms with E-state index < -0.39 is 0 Å². The first-order chi connectivity index (χ1) is 12.1. The van der Waals surface area contributed by atoms with Gasteiger partial charge in [-0.3, -0.25) is 4.79 Å². The summed E-state index contributed by atoms with van der Waals surface area (Å²) in [6.07, 6.45) is 4.38. The minimum Gasteiger partial charge on any atom is -0.339 e. The predicted octanol–water partition coefficient (Wildman–Crippen LogP) is 3.20. The van der Waals surface area contributed by atoms with E-state index in [1.807, 2.05) is 23.1 Å². The topological polar surface area (TPSA) is 77.0 Å². The molecule has 134 valence electrons. The molecule has 8 heteroatoms. The van der Waals surface area contributed by atoms with Crippen molar-refractivity contribution < 1.29 is 4.79 Å². The summed E-state index contributed by atoms with van der Waals surface area (Å²) in [7, 11) is 0. The molecule has 1 unspecified atom stereocenters. The molecule has 0 spiro atoms. The van der Waals surface area contributed by atoms with Crippen molar-refractivity contribution >= 4 is 29.3 Å². The third-order valence-electron chi connectivity index (χ3n) is 4.52. The van der Waals surface area contributed by atoms with Crippen LogP contribution in [0.1, 0.15) is 32.6 Å². The second-order valence-corrected chi connectivity index (χ2v) is 7.44. The highest BCUT2D eigenvalue weighted by Crippen LogP contribution is 2.28. The summed E-state index contributed by atoms with van der Waals surface area (Å²) in [5, 5.41) is 9.31. The zero-order chi connectivity index (χ0) is 17.8. The summed E-state index contributed by atoms with van der Waals surface area (Å²) in [6, 6.07) is 7.70. The predicted molar refractivity (Wildman–Crippen MR) is 101 cm³/mol. The molecule has 1 aliphatic heterocycles. The second kappa shape index (κ2) is 8.10. The summed E-state index contributed by atoms with van der Waals surface area (Å²) in [5.41, 5.74) is 0.722. The lowest BCUT2D eigenvalue weighted by Gasteiger charge is -2.35. The summed E-state index contributed by atoms with van der Waals surface area (Å²) >= 11 is 7.51. The SMILES string of the molecule is CCC1CCCCN1C(=O)CSc1nnc(-c2ccccc2Cl)n1N. The number of nitrogens with two attached hydrogens (primary N) is 1. The van der Waals surface area contributed by atoms with E-state index in [4.69, 9.17) is 17.4 Å². The average molecular weight is 380 g/mol. The molecule has 2 aromatic rings. The fraction of sp³-hybridized carbons (Fsp3) is 0.471. The van der Waals surface area contributed by atoms with Gasteiger partial charge in [0.25, 0.3) is 0 Å². The molecule has 0 radical (unpaired) electrons. The molecular formula is C17H22ClN5OS. The van der Waals surface area contributed by atoms with Crippen molar-refractivity contribution in [1.82, 2.24) is 19.8 Å². The molecule has 6 nitrogen and oxygen atoms in total. The van der Waals surface area contributed by atoms with Crippen molar-refractivity contribution in [3.05, 3.63) is 29.3 Å². The van der Waals surface area contributed by atoms with E-state index in [-0.39, 0.29) is 5.91 Å².